The fraction of sp³-hybridized carbons (Fsp3) is 0.333. The Kier molecular flexibility index (Phi) is 6.54. The maximum Gasteiger partial charge on any atom is 0.214 e. The number of aryl methyl sites for hydroxylation is 1. The minimum absolute atomic E-state index is 0.000324. The molecule has 1 unspecified atom stereocenters. The molecule has 0 saturated carbocycles. The van der Waals surface area contributed by atoms with Gasteiger partial charge in [0, 0.05) is 29.7 Å². The second-order valence-corrected chi connectivity index (χ2v) is 7.26. The van der Waals surface area contributed by atoms with Crippen LogP contribution in [0.2, 0.25) is 5.15 Å². The van der Waals surface area contributed by atoms with Crippen molar-refractivity contribution >= 4 is 34.7 Å². The predicted molar refractivity (Wildman–Crippen MR) is 111 cm³/mol. The summed E-state index contributed by atoms with van der Waals surface area (Å²) in [6.07, 6.45) is 4.72. The Bertz CT molecular complexity index is 955. The summed E-state index contributed by atoms with van der Waals surface area (Å²) in [6, 6.07) is 9.51. The van der Waals surface area contributed by atoms with Crippen molar-refractivity contribution in [2.45, 2.75) is 32.2 Å². The number of fused-ring (bicyclic) bond motifs is 1. The summed E-state index contributed by atoms with van der Waals surface area (Å²) in [6.45, 7) is 2.53. The van der Waals surface area contributed by atoms with Crippen LogP contribution in [0.4, 0.5) is 5.69 Å². The van der Waals surface area contributed by atoms with Crippen LogP contribution in [0.1, 0.15) is 24.5 Å². The fourth-order valence-electron chi connectivity index (χ4n) is 3.27. The van der Waals surface area contributed by atoms with Crippen molar-refractivity contribution in [1.82, 2.24) is 4.98 Å². The van der Waals surface area contributed by atoms with Crippen LogP contribution in [0.3, 0.4) is 0 Å². The Balaban J connectivity index is 1.74. The molecule has 2 N–H and O–H groups in total. The van der Waals surface area contributed by atoms with Gasteiger partial charge in [-0.25, -0.2) is 4.98 Å². The average Bonchev–Trinajstić information content (AvgIpc) is 3.13. The van der Waals surface area contributed by atoms with Crippen LogP contribution in [0, 0.1) is 0 Å². The standard InChI is InChI=1S/C21H24ClN3O3/c1-14(23)8-17-12-18(11-16-5-7-28-21(16)17)25(13-26)6-3-4-15-9-19(22)24-20(10-15)27-2/h5,7,9-14H,3-4,6,8,23H2,1-2H3. The summed E-state index contributed by atoms with van der Waals surface area (Å²) in [5.41, 5.74) is 9.66. The van der Waals surface area contributed by atoms with E-state index in [0.717, 1.165) is 47.0 Å². The fourth-order valence-corrected chi connectivity index (χ4v) is 3.49. The first-order valence-corrected chi connectivity index (χ1v) is 9.56. The number of pyridine rings is 1. The molecule has 7 heteroatoms. The van der Waals surface area contributed by atoms with Crippen LogP contribution >= 0.6 is 11.6 Å². The van der Waals surface area contributed by atoms with Crippen molar-refractivity contribution in [1.29, 1.82) is 0 Å². The lowest BCUT2D eigenvalue weighted by atomic mass is 10.0. The van der Waals surface area contributed by atoms with E-state index in [4.69, 9.17) is 26.5 Å². The minimum Gasteiger partial charge on any atom is -0.481 e. The van der Waals surface area contributed by atoms with E-state index in [1.165, 1.54) is 0 Å². The Morgan fingerprint density at radius 1 is 1.36 bits per heavy atom. The number of nitrogens with two attached hydrogens (primary N) is 1. The van der Waals surface area contributed by atoms with Gasteiger partial charge >= 0.3 is 0 Å². The van der Waals surface area contributed by atoms with E-state index in [9.17, 15) is 4.79 Å². The van der Waals surface area contributed by atoms with E-state index in [-0.39, 0.29) is 6.04 Å². The van der Waals surface area contributed by atoms with Crippen LogP contribution in [0.25, 0.3) is 11.0 Å². The monoisotopic (exact) mass is 401 g/mol. The molecular formula is C21H24ClN3O3. The number of ether oxygens (including phenoxy) is 1. The Labute approximate surface area is 169 Å². The van der Waals surface area contributed by atoms with E-state index < -0.39 is 0 Å². The summed E-state index contributed by atoms with van der Waals surface area (Å²) < 4.78 is 10.7. The first kappa shape index (κ1) is 20.2. The number of carbonyl (C=O) groups is 1. The third kappa shape index (κ3) is 4.82. The molecule has 1 aromatic carbocycles. The molecule has 0 aliphatic carbocycles. The zero-order valence-electron chi connectivity index (χ0n) is 16.0. The molecule has 0 spiro atoms. The summed E-state index contributed by atoms with van der Waals surface area (Å²) >= 11 is 6.02. The van der Waals surface area contributed by atoms with Crippen LogP contribution in [-0.2, 0) is 17.6 Å². The zero-order chi connectivity index (χ0) is 20.1. The zero-order valence-corrected chi connectivity index (χ0v) is 16.8. The number of nitrogens with zero attached hydrogens (tertiary/aromatic N) is 2. The highest BCUT2D eigenvalue weighted by molar-refractivity contribution is 6.29. The maximum absolute atomic E-state index is 11.7. The molecule has 6 nitrogen and oxygen atoms in total. The Morgan fingerprint density at radius 3 is 2.89 bits per heavy atom. The SMILES string of the molecule is COc1cc(CCCN(C=O)c2cc(CC(C)N)c3occc3c2)cc(Cl)n1. The smallest absolute Gasteiger partial charge is 0.214 e. The first-order chi connectivity index (χ1) is 13.5. The maximum atomic E-state index is 11.7. The number of amides is 1. The van der Waals surface area contributed by atoms with Crippen molar-refractivity contribution in [3.05, 3.63) is 52.9 Å². The third-order valence-corrected chi connectivity index (χ3v) is 4.71. The highest BCUT2D eigenvalue weighted by Crippen LogP contribution is 2.28. The van der Waals surface area contributed by atoms with Crippen LogP contribution in [-0.4, -0.2) is 31.1 Å². The molecule has 1 atom stereocenters. The number of hydrogen-bond donors (Lipinski definition) is 1. The summed E-state index contributed by atoms with van der Waals surface area (Å²) in [4.78, 5) is 17.5. The van der Waals surface area contributed by atoms with Gasteiger partial charge < -0.3 is 19.8 Å². The molecule has 28 heavy (non-hydrogen) atoms. The number of carbonyl (C=O) groups excluding carboxylic acids is 1. The van der Waals surface area contributed by atoms with Gasteiger partial charge in [-0.05, 0) is 61.6 Å². The molecule has 0 aliphatic heterocycles. The number of furan rings is 1. The summed E-state index contributed by atoms with van der Waals surface area (Å²) in [7, 11) is 1.56. The summed E-state index contributed by atoms with van der Waals surface area (Å²) in [5.74, 6) is 0.487. The van der Waals surface area contributed by atoms with E-state index >= 15 is 0 Å². The summed E-state index contributed by atoms with van der Waals surface area (Å²) in [5, 5.41) is 1.36. The number of methoxy groups -OCH3 is 1. The Morgan fingerprint density at radius 2 is 2.18 bits per heavy atom. The molecule has 0 aliphatic rings. The lowest BCUT2D eigenvalue weighted by Crippen LogP contribution is -2.23. The quantitative estimate of drug-likeness (QED) is 0.433. The van der Waals surface area contributed by atoms with Crippen LogP contribution < -0.4 is 15.4 Å². The van der Waals surface area contributed by atoms with Crippen molar-refractivity contribution in [3.8, 4) is 5.88 Å². The third-order valence-electron chi connectivity index (χ3n) is 4.52. The van der Waals surface area contributed by atoms with Gasteiger partial charge in [0.05, 0.1) is 13.4 Å². The van der Waals surface area contributed by atoms with Crippen LogP contribution in [0.5, 0.6) is 5.88 Å². The predicted octanol–water partition coefficient (Wildman–Crippen LogP) is 3.98. The Hall–Kier alpha value is -2.57. The van der Waals surface area contributed by atoms with E-state index in [2.05, 4.69) is 4.98 Å². The van der Waals surface area contributed by atoms with Crippen LogP contribution in [0.15, 0.2) is 41.0 Å². The van der Waals surface area contributed by atoms with E-state index in [1.54, 1.807) is 18.3 Å². The molecule has 148 valence electrons. The molecule has 3 aromatic rings. The second kappa shape index (κ2) is 9.08. The van der Waals surface area contributed by atoms with Gasteiger partial charge in [-0.3, -0.25) is 4.79 Å². The molecule has 2 aromatic heterocycles. The average molecular weight is 402 g/mol. The van der Waals surface area contributed by atoms with E-state index in [1.807, 2.05) is 37.3 Å². The van der Waals surface area contributed by atoms with Crippen molar-refractivity contribution < 1.29 is 13.9 Å². The molecule has 2 heterocycles. The largest absolute Gasteiger partial charge is 0.481 e. The second-order valence-electron chi connectivity index (χ2n) is 6.87. The number of aromatic nitrogens is 1. The van der Waals surface area contributed by atoms with Gasteiger partial charge in [0.25, 0.3) is 0 Å². The number of hydrogen-bond acceptors (Lipinski definition) is 5. The lowest BCUT2D eigenvalue weighted by Gasteiger charge is -2.19. The van der Waals surface area contributed by atoms with Crippen molar-refractivity contribution in [2.75, 3.05) is 18.6 Å². The molecule has 0 saturated heterocycles. The number of benzene rings is 1. The topological polar surface area (TPSA) is 81.6 Å². The van der Waals surface area contributed by atoms with Crippen molar-refractivity contribution in [3.63, 3.8) is 0 Å². The molecule has 1 amide bonds. The van der Waals surface area contributed by atoms with Gasteiger partial charge in [0.1, 0.15) is 10.7 Å². The number of rotatable bonds is 9. The minimum atomic E-state index is -0.000324. The number of halogens is 1. The van der Waals surface area contributed by atoms with Gasteiger partial charge in [-0.15, -0.1) is 0 Å². The molecule has 0 radical (unpaired) electrons. The highest BCUT2D eigenvalue weighted by atomic mass is 35.5. The molecule has 0 bridgehead atoms. The first-order valence-electron chi connectivity index (χ1n) is 9.18. The van der Waals surface area contributed by atoms with Gasteiger partial charge in [-0.1, -0.05) is 11.6 Å². The molecule has 0 fully saturated rings. The van der Waals surface area contributed by atoms with E-state index in [0.29, 0.717) is 24.0 Å². The van der Waals surface area contributed by atoms with Gasteiger partial charge in [-0.2, -0.15) is 0 Å². The van der Waals surface area contributed by atoms with Gasteiger partial charge in [0.15, 0.2) is 0 Å². The van der Waals surface area contributed by atoms with Gasteiger partial charge in [0.2, 0.25) is 12.3 Å². The number of anilines is 1. The highest BCUT2D eigenvalue weighted by Gasteiger charge is 2.13. The normalized spacial score (nSPS) is 12.1. The lowest BCUT2D eigenvalue weighted by molar-refractivity contribution is -0.107. The van der Waals surface area contributed by atoms with Crippen molar-refractivity contribution in [2.24, 2.45) is 5.73 Å². The molecular weight excluding hydrogens is 378 g/mol. The molecule has 3 rings (SSSR count).